The molecule has 21 heavy (non-hydrogen) atoms. The molecule has 0 radical (unpaired) electrons. The lowest BCUT2D eigenvalue weighted by molar-refractivity contribution is -0.134. The Kier molecular flexibility index (Phi) is 6.49. The van der Waals surface area contributed by atoms with E-state index in [9.17, 15) is 4.79 Å². The van der Waals surface area contributed by atoms with Crippen molar-refractivity contribution >= 4 is 5.91 Å². The second kappa shape index (κ2) is 8.14. The van der Waals surface area contributed by atoms with E-state index in [1.807, 2.05) is 4.90 Å². The number of rotatable bonds is 5. The molecule has 0 aliphatic carbocycles. The Morgan fingerprint density at radius 2 is 1.95 bits per heavy atom. The van der Waals surface area contributed by atoms with Gasteiger partial charge in [-0.1, -0.05) is 20.3 Å². The van der Waals surface area contributed by atoms with Crippen molar-refractivity contribution in [3.63, 3.8) is 0 Å². The number of carbonyl (C=O) groups is 1. The molecule has 2 atom stereocenters. The third-order valence-electron chi connectivity index (χ3n) is 5.14. The van der Waals surface area contributed by atoms with Gasteiger partial charge in [0.05, 0.1) is 6.04 Å². The molecule has 0 bridgehead atoms. The monoisotopic (exact) mass is 295 g/mol. The lowest BCUT2D eigenvalue weighted by atomic mass is 9.94. The lowest BCUT2D eigenvalue weighted by Crippen LogP contribution is -2.50. The Morgan fingerprint density at radius 3 is 2.62 bits per heavy atom. The predicted octanol–water partition coefficient (Wildman–Crippen LogP) is 2.08. The van der Waals surface area contributed by atoms with Gasteiger partial charge in [0.2, 0.25) is 5.91 Å². The Bertz CT molecular complexity index is 326. The van der Waals surface area contributed by atoms with Crippen LogP contribution in [0.25, 0.3) is 0 Å². The third-order valence-corrected chi connectivity index (χ3v) is 5.14. The van der Waals surface area contributed by atoms with E-state index in [0.29, 0.717) is 5.92 Å². The molecule has 0 aromatic heterocycles. The zero-order valence-corrected chi connectivity index (χ0v) is 13.9. The fourth-order valence-electron chi connectivity index (χ4n) is 3.69. The molecule has 2 saturated heterocycles. The SMILES string of the molecule is CCCC(N)C(=O)N1CCCC(CN2CCC(C)CC2)C1. The van der Waals surface area contributed by atoms with Crippen LogP contribution in [0.5, 0.6) is 0 Å². The lowest BCUT2D eigenvalue weighted by Gasteiger charge is -2.38. The Hall–Kier alpha value is -0.610. The van der Waals surface area contributed by atoms with Gasteiger partial charge < -0.3 is 15.5 Å². The van der Waals surface area contributed by atoms with Crippen LogP contribution in [0, 0.1) is 11.8 Å². The Morgan fingerprint density at radius 1 is 1.24 bits per heavy atom. The zero-order chi connectivity index (χ0) is 15.2. The number of hydrogen-bond donors (Lipinski definition) is 1. The number of piperidine rings is 2. The molecule has 0 saturated carbocycles. The minimum atomic E-state index is -0.287. The first-order valence-corrected chi connectivity index (χ1v) is 8.86. The van der Waals surface area contributed by atoms with Crippen molar-refractivity contribution in [3.8, 4) is 0 Å². The van der Waals surface area contributed by atoms with Crippen LogP contribution in [0.1, 0.15) is 52.4 Å². The largest absolute Gasteiger partial charge is 0.341 e. The second-order valence-corrected chi connectivity index (χ2v) is 7.17. The van der Waals surface area contributed by atoms with E-state index in [1.165, 1.54) is 38.9 Å². The molecular weight excluding hydrogens is 262 g/mol. The van der Waals surface area contributed by atoms with Crippen LogP contribution < -0.4 is 5.73 Å². The molecule has 2 heterocycles. The average Bonchev–Trinajstić information content (AvgIpc) is 2.49. The number of nitrogens with zero attached hydrogens (tertiary/aromatic N) is 2. The van der Waals surface area contributed by atoms with Gasteiger partial charge in [0.15, 0.2) is 0 Å². The van der Waals surface area contributed by atoms with Gasteiger partial charge in [-0.25, -0.2) is 0 Å². The molecule has 1 amide bonds. The van der Waals surface area contributed by atoms with Gasteiger partial charge in [-0.15, -0.1) is 0 Å². The zero-order valence-electron chi connectivity index (χ0n) is 13.9. The smallest absolute Gasteiger partial charge is 0.239 e. The summed E-state index contributed by atoms with van der Waals surface area (Å²) < 4.78 is 0. The first-order valence-electron chi connectivity index (χ1n) is 8.86. The highest BCUT2D eigenvalue weighted by molar-refractivity contribution is 5.81. The van der Waals surface area contributed by atoms with Crippen LogP contribution in [0.2, 0.25) is 0 Å². The second-order valence-electron chi connectivity index (χ2n) is 7.17. The van der Waals surface area contributed by atoms with Gasteiger partial charge in [0, 0.05) is 19.6 Å². The summed E-state index contributed by atoms with van der Waals surface area (Å²) in [6.45, 7) is 9.91. The normalized spacial score (nSPS) is 26.8. The van der Waals surface area contributed by atoms with E-state index in [2.05, 4.69) is 18.7 Å². The highest BCUT2D eigenvalue weighted by Crippen LogP contribution is 2.22. The Balaban J connectivity index is 1.79. The minimum absolute atomic E-state index is 0.175. The van der Waals surface area contributed by atoms with E-state index in [1.54, 1.807) is 0 Å². The number of likely N-dealkylation sites (tertiary alicyclic amines) is 2. The maximum atomic E-state index is 12.4. The fourth-order valence-corrected chi connectivity index (χ4v) is 3.69. The molecule has 2 N–H and O–H groups in total. The van der Waals surface area contributed by atoms with Crippen molar-refractivity contribution in [2.45, 2.75) is 58.4 Å². The quantitative estimate of drug-likeness (QED) is 0.845. The van der Waals surface area contributed by atoms with E-state index in [0.717, 1.165) is 38.3 Å². The van der Waals surface area contributed by atoms with Gasteiger partial charge in [0.1, 0.15) is 0 Å². The number of amides is 1. The summed E-state index contributed by atoms with van der Waals surface area (Å²) in [5.74, 6) is 1.71. The number of nitrogens with two attached hydrogens (primary N) is 1. The molecule has 2 aliphatic heterocycles. The summed E-state index contributed by atoms with van der Waals surface area (Å²) in [7, 11) is 0. The molecule has 0 spiro atoms. The van der Waals surface area contributed by atoms with Gasteiger partial charge >= 0.3 is 0 Å². The highest BCUT2D eigenvalue weighted by atomic mass is 16.2. The van der Waals surface area contributed by atoms with Crippen molar-refractivity contribution in [2.24, 2.45) is 17.6 Å². The van der Waals surface area contributed by atoms with E-state index in [4.69, 9.17) is 5.73 Å². The third kappa shape index (κ3) is 4.96. The summed E-state index contributed by atoms with van der Waals surface area (Å²) in [6.07, 6.45) is 6.85. The molecule has 2 rings (SSSR count). The average molecular weight is 295 g/mol. The van der Waals surface area contributed by atoms with Crippen molar-refractivity contribution in [2.75, 3.05) is 32.7 Å². The molecular formula is C17H33N3O. The first kappa shape index (κ1) is 16.8. The number of hydrogen-bond acceptors (Lipinski definition) is 3. The van der Waals surface area contributed by atoms with Crippen LogP contribution in [0.3, 0.4) is 0 Å². The Labute approximate surface area is 130 Å². The molecule has 2 aliphatic rings. The standard InChI is InChI=1S/C17H33N3O/c1-3-5-16(18)17(21)20-9-4-6-15(13-20)12-19-10-7-14(2)8-11-19/h14-16H,3-13,18H2,1-2H3. The van der Waals surface area contributed by atoms with Crippen LogP contribution in [-0.4, -0.2) is 54.5 Å². The van der Waals surface area contributed by atoms with Gasteiger partial charge in [-0.2, -0.15) is 0 Å². The van der Waals surface area contributed by atoms with Crippen molar-refractivity contribution in [1.29, 1.82) is 0 Å². The maximum absolute atomic E-state index is 12.4. The van der Waals surface area contributed by atoms with Crippen molar-refractivity contribution < 1.29 is 4.79 Å². The molecule has 0 aromatic carbocycles. The van der Waals surface area contributed by atoms with E-state index >= 15 is 0 Å². The van der Waals surface area contributed by atoms with Gasteiger partial charge in [-0.05, 0) is 57.0 Å². The fraction of sp³-hybridized carbons (Fsp3) is 0.941. The van der Waals surface area contributed by atoms with Crippen molar-refractivity contribution in [3.05, 3.63) is 0 Å². The molecule has 2 unspecified atom stereocenters. The first-order chi connectivity index (χ1) is 10.1. The molecule has 4 heteroatoms. The van der Waals surface area contributed by atoms with Gasteiger partial charge in [0.25, 0.3) is 0 Å². The van der Waals surface area contributed by atoms with Crippen molar-refractivity contribution in [1.82, 2.24) is 9.80 Å². The van der Waals surface area contributed by atoms with E-state index < -0.39 is 0 Å². The maximum Gasteiger partial charge on any atom is 0.239 e. The molecule has 2 fully saturated rings. The number of carbonyl (C=O) groups excluding carboxylic acids is 1. The van der Waals surface area contributed by atoms with Crippen LogP contribution in [0.4, 0.5) is 0 Å². The predicted molar refractivity (Wildman–Crippen MR) is 87.0 cm³/mol. The van der Waals surface area contributed by atoms with Crippen LogP contribution in [0.15, 0.2) is 0 Å². The highest BCUT2D eigenvalue weighted by Gasteiger charge is 2.28. The molecule has 4 nitrogen and oxygen atoms in total. The molecule has 0 aromatic rings. The summed E-state index contributed by atoms with van der Waals surface area (Å²) in [6, 6.07) is -0.287. The summed E-state index contributed by atoms with van der Waals surface area (Å²) in [5, 5.41) is 0. The minimum Gasteiger partial charge on any atom is -0.341 e. The van der Waals surface area contributed by atoms with Crippen LogP contribution in [-0.2, 0) is 4.79 Å². The molecule has 122 valence electrons. The summed E-state index contributed by atoms with van der Waals surface area (Å²) in [5.41, 5.74) is 6.00. The van der Waals surface area contributed by atoms with Gasteiger partial charge in [-0.3, -0.25) is 4.79 Å². The topological polar surface area (TPSA) is 49.6 Å². The summed E-state index contributed by atoms with van der Waals surface area (Å²) >= 11 is 0. The summed E-state index contributed by atoms with van der Waals surface area (Å²) in [4.78, 5) is 17.0. The van der Waals surface area contributed by atoms with Crippen LogP contribution >= 0.6 is 0 Å². The van der Waals surface area contributed by atoms with E-state index in [-0.39, 0.29) is 11.9 Å².